The van der Waals surface area contributed by atoms with Crippen LogP contribution in [0.15, 0.2) is 79.0 Å². The van der Waals surface area contributed by atoms with Crippen LogP contribution in [0, 0.1) is 5.82 Å². The molecule has 13 heteroatoms. The quantitative estimate of drug-likeness (QED) is 0.140. The van der Waals surface area contributed by atoms with E-state index in [0.717, 1.165) is 72.8 Å². The van der Waals surface area contributed by atoms with E-state index < -0.39 is 11.8 Å². The molecule has 5 aromatic rings. The van der Waals surface area contributed by atoms with Crippen molar-refractivity contribution in [2.75, 3.05) is 47.1 Å². The molecule has 3 N–H and O–H groups in total. The number of hydrogen-bond donors (Lipinski definition) is 3. The maximum atomic E-state index is 15.0. The molecule has 0 bridgehead atoms. The zero-order chi connectivity index (χ0) is 35.6. The van der Waals surface area contributed by atoms with E-state index >= 15 is 4.39 Å². The fourth-order valence-electron chi connectivity index (χ4n) is 7.73. The molecule has 3 aromatic carbocycles. The van der Waals surface area contributed by atoms with Crippen molar-refractivity contribution in [3.05, 3.63) is 90.4 Å². The molecular formula is C39H43FN10O2. The third-order valence-electron chi connectivity index (χ3n) is 10.5. The molecule has 3 aliphatic rings. The lowest BCUT2D eigenvalue weighted by Gasteiger charge is -2.38. The molecule has 8 rings (SSSR count). The summed E-state index contributed by atoms with van der Waals surface area (Å²) in [6, 6.07) is 23.6. The number of nitrogens with one attached hydrogen (secondary N) is 3. The summed E-state index contributed by atoms with van der Waals surface area (Å²) in [4.78, 5) is 44.1. The second-order valence-electron chi connectivity index (χ2n) is 14.0. The molecule has 0 unspecified atom stereocenters. The number of amides is 3. The van der Waals surface area contributed by atoms with Gasteiger partial charge in [-0.3, -0.25) is 24.5 Å². The molecule has 3 fully saturated rings. The van der Waals surface area contributed by atoms with E-state index in [-0.39, 0.29) is 24.6 Å². The van der Waals surface area contributed by atoms with E-state index in [4.69, 9.17) is 9.97 Å². The zero-order valence-corrected chi connectivity index (χ0v) is 29.3. The van der Waals surface area contributed by atoms with Crippen molar-refractivity contribution in [2.24, 2.45) is 0 Å². The van der Waals surface area contributed by atoms with Crippen LogP contribution in [0.3, 0.4) is 0 Å². The summed E-state index contributed by atoms with van der Waals surface area (Å²) in [6.07, 6.45) is 8.56. The summed E-state index contributed by atoms with van der Waals surface area (Å²) < 4.78 is 17.3. The number of carbonyl (C=O) groups excluding carboxylic acids is 2. The van der Waals surface area contributed by atoms with Gasteiger partial charge in [-0.25, -0.2) is 19.2 Å². The predicted octanol–water partition coefficient (Wildman–Crippen LogP) is 7.11. The van der Waals surface area contributed by atoms with Gasteiger partial charge in [0, 0.05) is 61.7 Å². The third kappa shape index (κ3) is 7.13. The number of aromatic nitrogens is 4. The van der Waals surface area contributed by atoms with Crippen LogP contribution in [0.1, 0.15) is 56.6 Å². The molecule has 0 radical (unpaired) electrons. The average molecular weight is 703 g/mol. The van der Waals surface area contributed by atoms with Crippen LogP contribution < -0.4 is 25.8 Å². The Hall–Kier alpha value is -5.56. The van der Waals surface area contributed by atoms with Gasteiger partial charge in [0.15, 0.2) is 5.65 Å². The van der Waals surface area contributed by atoms with Gasteiger partial charge in [0.25, 0.3) is 0 Å². The Labute approximate surface area is 302 Å². The highest BCUT2D eigenvalue weighted by Crippen LogP contribution is 2.36. The molecule has 12 nitrogen and oxygen atoms in total. The largest absolute Gasteiger partial charge is 0.371 e. The highest BCUT2D eigenvalue weighted by Gasteiger charge is 2.28. The van der Waals surface area contributed by atoms with Gasteiger partial charge in [-0.15, -0.1) is 0 Å². The standard InChI is InChI=1S/C39H43FN10O2/c1-47(25-26-11-16-34(32(40)23-26)49-22-19-35(51)45-39(49)52)29-17-20-48(21-18-29)30-14-12-28(13-15-30)42-37-41-24-33-36(46-37)50(31-9-5-6-10-31)38(44-33)43-27-7-3-2-4-8-27/h2-4,7-8,11-16,23-24,29,31H,5-6,9-10,17-22,25H2,1H3,(H,43,44)(H,41,42,46)(H,45,51,52). The van der Waals surface area contributed by atoms with Crippen LogP contribution in [-0.4, -0.2) is 69.1 Å². The number of benzene rings is 3. The summed E-state index contributed by atoms with van der Waals surface area (Å²) in [6.45, 7) is 2.61. The first kappa shape index (κ1) is 33.6. The predicted molar refractivity (Wildman–Crippen MR) is 201 cm³/mol. The van der Waals surface area contributed by atoms with Gasteiger partial charge in [-0.05, 0) is 86.8 Å². The topological polar surface area (TPSA) is 124 Å². The lowest BCUT2D eigenvalue weighted by atomic mass is 10.0. The SMILES string of the molecule is CN(Cc1ccc(N2CCC(=O)NC2=O)c(F)c1)C1CCN(c2ccc(Nc3ncc4nc(Nc5ccccc5)n(C5CCCC5)c4n3)cc2)CC1. The molecule has 268 valence electrons. The maximum Gasteiger partial charge on any atom is 0.328 e. The monoisotopic (exact) mass is 702 g/mol. The number of hydrogen-bond acceptors (Lipinski definition) is 9. The molecule has 52 heavy (non-hydrogen) atoms. The molecule has 2 aromatic heterocycles. The van der Waals surface area contributed by atoms with Crippen LogP contribution in [-0.2, 0) is 11.3 Å². The van der Waals surface area contributed by atoms with E-state index in [1.165, 1.54) is 29.5 Å². The first-order chi connectivity index (χ1) is 25.4. The number of nitrogens with zero attached hydrogens (tertiary/aromatic N) is 7. The average Bonchev–Trinajstić information content (AvgIpc) is 3.81. The van der Waals surface area contributed by atoms with Gasteiger partial charge in [0.2, 0.25) is 17.8 Å². The number of piperidine rings is 1. The maximum absolute atomic E-state index is 15.0. The first-order valence-electron chi connectivity index (χ1n) is 18.2. The number of urea groups is 1. The van der Waals surface area contributed by atoms with Crippen LogP contribution in [0.4, 0.5) is 43.8 Å². The van der Waals surface area contributed by atoms with Crippen molar-refractivity contribution in [2.45, 2.75) is 63.6 Å². The molecule has 1 saturated carbocycles. The van der Waals surface area contributed by atoms with Gasteiger partial charge in [0.1, 0.15) is 11.3 Å². The van der Waals surface area contributed by atoms with E-state index in [2.05, 4.69) is 66.6 Å². The van der Waals surface area contributed by atoms with E-state index in [1.54, 1.807) is 12.3 Å². The molecule has 1 aliphatic carbocycles. The van der Waals surface area contributed by atoms with Gasteiger partial charge < -0.3 is 15.5 Å². The molecule has 2 aliphatic heterocycles. The van der Waals surface area contributed by atoms with E-state index in [1.807, 2.05) is 36.4 Å². The summed E-state index contributed by atoms with van der Waals surface area (Å²) in [5.74, 6) is 0.537. The first-order valence-corrected chi connectivity index (χ1v) is 18.2. The molecule has 0 spiro atoms. The Balaban J connectivity index is 0.878. The smallest absolute Gasteiger partial charge is 0.328 e. The van der Waals surface area contributed by atoms with Gasteiger partial charge in [-0.2, -0.15) is 4.98 Å². The Morgan fingerprint density at radius 1 is 0.885 bits per heavy atom. The van der Waals surface area contributed by atoms with Gasteiger partial charge >= 0.3 is 6.03 Å². The zero-order valence-electron chi connectivity index (χ0n) is 29.3. The highest BCUT2D eigenvalue weighted by molar-refractivity contribution is 6.05. The lowest BCUT2D eigenvalue weighted by molar-refractivity contribution is -0.120. The fraction of sp³-hybridized carbons (Fsp3) is 0.359. The van der Waals surface area contributed by atoms with Crippen molar-refractivity contribution < 1.29 is 14.0 Å². The van der Waals surface area contributed by atoms with E-state index in [9.17, 15) is 9.59 Å². The summed E-state index contributed by atoms with van der Waals surface area (Å²) in [7, 11) is 2.08. The second-order valence-corrected chi connectivity index (χ2v) is 14.0. The second kappa shape index (κ2) is 14.6. The fourth-order valence-corrected chi connectivity index (χ4v) is 7.73. The van der Waals surface area contributed by atoms with Gasteiger partial charge in [0.05, 0.1) is 11.9 Å². The van der Waals surface area contributed by atoms with E-state index in [0.29, 0.717) is 24.6 Å². The Bertz CT molecular complexity index is 2060. The number of carbonyl (C=O) groups is 2. The highest BCUT2D eigenvalue weighted by atomic mass is 19.1. The molecular weight excluding hydrogens is 659 g/mol. The van der Waals surface area contributed by atoms with Crippen molar-refractivity contribution in [3.8, 4) is 0 Å². The minimum Gasteiger partial charge on any atom is -0.371 e. The number of halogens is 1. The normalized spacial score (nSPS) is 17.3. The molecule has 0 atom stereocenters. The number of imidazole rings is 1. The summed E-state index contributed by atoms with van der Waals surface area (Å²) >= 11 is 0. The Morgan fingerprint density at radius 3 is 2.37 bits per heavy atom. The number of para-hydroxylation sites is 1. The molecule has 4 heterocycles. The number of fused-ring (bicyclic) bond motifs is 1. The van der Waals surface area contributed by atoms with Crippen LogP contribution in [0.2, 0.25) is 0 Å². The summed E-state index contributed by atoms with van der Waals surface area (Å²) in [5, 5.41) is 9.16. The third-order valence-corrected chi connectivity index (χ3v) is 10.5. The van der Waals surface area contributed by atoms with Crippen LogP contribution >= 0.6 is 0 Å². The van der Waals surface area contributed by atoms with Gasteiger partial charge in [-0.1, -0.05) is 37.1 Å². The number of rotatable bonds is 10. The van der Waals surface area contributed by atoms with Crippen LogP contribution in [0.5, 0.6) is 0 Å². The number of anilines is 6. The minimum absolute atomic E-state index is 0.157. The van der Waals surface area contributed by atoms with Crippen molar-refractivity contribution >= 4 is 57.7 Å². The Kier molecular flexibility index (Phi) is 9.42. The van der Waals surface area contributed by atoms with Crippen LogP contribution in [0.25, 0.3) is 11.2 Å². The lowest BCUT2D eigenvalue weighted by Crippen LogP contribution is -2.49. The molecule has 3 amide bonds. The van der Waals surface area contributed by atoms with Crippen molar-refractivity contribution in [1.82, 2.24) is 29.7 Å². The van der Waals surface area contributed by atoms with Crippen molar-refractivity contribution in [3.63, 3.8) is 0 Å². The Morgan fingerprint density at radius 2 is 1.63 bits per heavy atom. The summed E-state index contributed by atoms with van der Waals surface area (Å²) in [5.41, 5.74) is 5.72. The minimum atomic E-state index is -0.585. The molecule has 2 saturated heterocycles. The van der Waals surface area contributed by atoms with Crippen molar-refractivity contribution in [1.29, 1.82) is 0 Å². The number of imide groups is 1.